The van der Waals surface area contributed by atoms with Crippen molar-refractivity contribution in [1.82, 2.24) is 14.7 Å². The van der Waals surface area contributed by atoms with Gasteiger partial charge in [0, 0.05) is 36.2 Å². The lowest BCUT2D eigenvalue weighted by atomic mass is 9.86. The molecule has 0 spiro atoms. The number of rotatable bonds is 7. The molecule has 3 aromatic carbocycles. The van der Waals surface area contributed by atoms with Crippen LogP contribution in [0.3, 0.4) is 0 Å². The van der Waals surface area contributed by atoms with Crippen LogP contribution >= 0.6 is 23.2 Å². The highest BCUT2D eigenvalue weighted by Crippen LogP contribution is 2.46. The maximum absolute atomic E-state index is 14.7. The fraction of sp³-hybridized carbons (Fsp3) is 0.400. The van der Waals surface area contributed by atoms with Crippen LogP contribution in [0.5, 0.6) is 5.75 Å². The van der Waals surface area contributed by atoms with Crippen molar-refractivity contribution in [3.05, 3.63) is 99.0 Å². The highest BCUT2D eigenvalue weighted by molar-refractivity contribution is 6.30. The van der Waals surface area contributed by atoms with Crippen LogP contribution in [0.15, 0.2) is 71.7 Å². The standard InChI is InChI=1S/C35H40Cl2N4O4/c1-6-45-29-21-25(35(3,4)5)11-16-28(29)32-38-30(23-7-12-26(36)13-8-23)31(24-9-14-27(37)15-10-24)41(32)34(44)40-19-17-39(18-20-40)22(2)33(42)43/h7-16,21-22,30-31H,6,17-20H2,1-5H3,(H,42,43)/t22?,30-,31+/m0/s1. The fourth-order valence-electron chi connectivity index (χ4n) is 5.91. The molecule has 0 saturated carbocycles. The topological polar surface area (TPSA) is 85.7 Å². The van der Waals surface area contributed by atoms with Gasteiger partial charge in [-0.15, -0.1) is 0 Å². The van der Waals surface area contributed by atoms with Crippen LogP contribution in [0.2, 0.25) is 10.0 Å². The van der Waals surface area contributed by atoms with Crippen molar-refractivity contribution in [2.45, 2.75) is 58.2 Å². The minimum Gasteiger partial charge on any atom is -0.493 e. The quantitative estimate of drug-likeness (QED) is 0.287. The first kappa shape index (κ1) is 32.8. The molecule has 1 N–H and O–H groups in total. The summed E-state index contributed by atoms with van der Waals surface area (Å²) in [6, 6.07) is 19.5. The van der Waals surface area contributed by atoms with Crippen LogP contribution in [-0.2, 0) is 10.2 Å². The predicted molar refractivity (Wildman–Crippen MR) is 179 cm³/mol. The lowest BCUT2D eigenvalue weighted by molar-refractivity contribution is -0.143. The minimum atomic E-state index is -0.875. The number of urea groups is 1. The molecule has 3 aromatic rings. The molecule has 238 valence electrons. The number of carbonyl (C=O) groups is 2. The van der Waals surface area contributed by atoms with Crippen molar-refractivity contribution in [1.29, 1.82) is 0 Å². The van der Waals surface area contributed by atoms with Gasteiger partial charge in [-0.25, -0.2) is 4.79 Å². The highest BCUT2D eigenvalue weighted by atomic mass is 35.5. The van der Waals surface area contributed by atoms with Gasteiger partial charge in [-0.2, -0.15) is 0 Å². The predicted octanol–water partition coefficient (Wildman–Crippen LogP) is 7.45. The van der Waals surface area contributed by atoms with Crippen molar-refractivity contribution in [2.75, 3.05) is 32.8 Å². The minimum absolute atomic E-state index is 0.109. The van der Waals surface area contributed by atoms with E-state index in [1.165, 1.54) is 0 Å². The van der Waals surface area contributed by atoms with Gasteiger partial charge < -0.3 is 14.7 Å². The smallest absolute Gasteiger partial charge is 0.326 e. The van der Waals surface area contributed by atoms with E-state index in [0.717, 1.165) is 22.3 Å². The maximum Gasteiger partial charge on any atom is 0.326 e. The summed E-state index contributed by atoms with van der Waals surface area (Å²) in [4.78, 5) is 37.1. The van der Waals surface area contributed by atoms with Gasteiger partial charge in [-0.3, -0.25) is 19.6 Å². The Bertz CT molecular complexity index is 1560. The Morgan fingerprint density at radius 2 is 1.51 bits per heavy atom. The van der Waals surface area contributed by atoms with Crippen molar-refractivity contribution in [2.24, 2.45) is 4.99 Å². The second kappa shape index (κ2) is 13.4. The van der Waals surface area contributed by atoms with E-state index in [0.29, 0.717) is 54.4 Å². The molecule has 2 aliphatic heterocycles. The van der Waals surface area contributed by atoms with Gasteiger partial charge >= 0.3 is 12.0 Å². The number of amides is 2. The number of carbonyl (C=O) groups excluding carboxylic acids is 1. The van der Waals surface area contributed by atoms with Crippen LogP contribution < -0.4 is 4.74 Å². The van der Waals surface area contributed by atoms with E-state index in [-0.39, 0.29) is 11.4 Å². The maximum atomic E-state index is 14.7. The largest absolute Gasteiger partial charge is 0.493 e. The van der Waals surface area contributed by atoms with Gasteiger partial charge in [0.15, 0.2) is 0 Å². The van der Waals surface area contributed by atoms with E-state index in [1.807, 2.05) is 72.5 Å². The van der Waals surface area contributed by atoms with E-state index in [4.69, 9.17) is 32.9 Å². The number of amidine groups is 1. The van der Waals surface area contributed by atoms with E-state index in [1.54, 1.807) is 16.7 Å². The van der Waals surface area contributed by atoms with Crippen molar-refractivity contribution in [3.8, 4) is 5.75 Å². The summed E-state index contributed by atoms with van der Waals surface area (Å²) in [6.45, 7) is 12.2. The number of benzene rings is 3. The van der Waals surface area contributed by atoms with Crippen LogP contribution in [0.4, 0.5) is 4.79 Å². The number of carboxylic acids is 1. The normalized spacial score (nSPS) is 19.8. The van der Waals surface area contributed by atoms with E-state index >= 15 is 0 Å². The zero-order valence-corrected chi connectivity index (χ0v) is 27.8. The zero-order valence-electron chi connectivity index (χ0n) is 26.3. The first-order valence-corrected chi connectivity index (χ1v) is 16.1. The molecule has 45 heavy (non-hydrogen) atoms. The SMILES string of the molecule is CCOc1cc(C(C)(C)C)ccc1C1=N[C@@H](c2ccc(Cl)cc2)[C@@H](c2ccc(Cl)cc2)N1C(=O)N1CCN(C(C)C(=O)O)CC1. The van der Waals surface area contributed by atoms with Crippen LogP contribution in [0.25, 0.3) is 0 Å². The molecular formula is C35H40Cl2N4O4. The highest BCUT2D eigenvalue weighted by Gasteiger charge is 2.45. The van der Waals surface area contributed by atoms with Crippen molar-refractivity contribution < 1.29 is 19.4 Å². The molecule has 10 heteroatoms. The molecule has 2 aliphatic rings. The molecule has 1 saturated heterocycles. The van der Waals surface area contributed by atoms with Gasteiger partial charge in [0.2, 0.25) is 0 Å². The molecule has 3 atom stereocenters. The number of aliphatic imine (C=N–C) groups is 1. The fourth-order valence-corrected chi connectivity index (χ4v) is 6.16. The van der Waals surface area contributed by atoms with Crippen LogP contribution in [0.1, 0.15) is 69.0 Å². The molecule has 0 aromatic heterocycles. The molecule has 1 unspecified atom stereocenters. The Labute approximate surface area is 275 Å². The zero-order chi connectivity index (χ0) is 32.5. The van der Waals surface area contributed by atoms with Crippen molar-refractivity contribution in [3.63, 3.8) is 0 Å². The third-order valence-corrected chi connectivity index (χ3v) is 9.08. The molecule has 0 radical (unpaired) electrons. The molecule has 1 fully saturated rings. The summed E-state index contributed by atoms with van der Waals surface area (Å²) < 4.78 is 6.21. The Morgan fingerprint density at radius 1 is 0.933 bits per heavy atom. The van der Waals surface area contributed by atoms with Crippen molar-refractivity contribution >= 4 is 41.0 Å². The summed E-state index contributed by atoms with van der Waals surface area (Å²) in [5.41, 5.74) is 3.53. The second-order valence-electron chi connectivity index (χ2n) is 12.5. The monoisotopic (exact) mass is 650 g/mol. The van der Waals surface area contributed by atoms with Gasteiger partial charge in [0.1, 0.15) is 23.7 Å². The summed E-state index contributed by atoms with van der Waals surface area (Å²) in [7, 11) is 0. The third-order valence-electron chi connectivity index (χ3n) is 8.57. The molecule has 8 nitrogen and oxygen atoms in total. The number of ether oxygens (including phenoxy) is 1. The number of nitrogens with zero attached hydrogens (tertiary/aromatic N) is 4. The molecule has 2 amide bonds. The van der Waals surface area contributed by atoms with Gasteiger partial charge in [-0.1, -0.05) is 74.3 Å². The number of halogens is 2. The molecular weight excluding hydrogens is 611 g/mol. The number of aliphatic carboxylic acids is 1. The number of hydrogen-bond donors (Lipinski definition) is 1. The van der Waals surface area contributed by atoms with E-state index in [2.05, 4.69) is 26.8 Å². The van der Waals surface area contributed by atoms with E-state index in [9.17, 15) is 14.7 Å². The first-order chi connectivity index (χ1) is 21.4. The molecule has 0 aliphatic carbocycles. The van der Waals surface area contributed by atoms with Gasteiger partial charge in [-0.05, 0) is 72.4 Å². The number of hydrogen-bond acceptors (Lipinski definition) is 5. The molecule has 5 rings (SSSR count). The molecule has 2 heterocycles. The average molecular weight is 652 g/mol. The summed E-state index contributed by atoms with van der Waals surface area (Å²) in [5.74, 6) is 0.304. The Hall–Kier alpha value is -3.59. The van der Waals surface area contributed by atoms with Gasteiger partial charge in [0.25, 0.3) is 0 Å². The summed E-state index contributed by atoms with van der Waals surface area (Å²) in [5, 5.41) is 10.8. The number of piperazine rings is 1. The third kappa shape index (κ3) is 6.98. The Kier molecular flexibility index (Phi) is 9.77. The Morgan fingerprint density at radius 3 is 2.04 bits per heavy atom. The summed E-state index contributed by atoms with van der Waals surface area (Å²) in [6.07, 6.45) is 0. The average Bonchev–Trinajstić information content (AvgIpc) is 3.41. The lowest BCUT2D eigenvalue weighted by Crippen LogP contribution is -2.56. The van der Waals surface area contributed by atoms with Crippen LogP contribution in [-0.4, -0.2) is 76.5 Å². The Balaban J connectivity index is 1.64. The van der Waals surface area contributed by atoms with E-state index < -0.39 is 24.1 Å². The number of carboxylic acid groups (broad SMARTS) is 1. The van der Waals surface area contributed by atoms with Gasteiger partial charge in [0.05, 0.1) is 18.2 Å². The lowest BCUT2D eigenvalue weighted by Gasteiger charge is -2.40. The van der Waals surface area contributed by atoms with Crippen LogP contribution in [0, 0.1) is 0 Å². The first-order valence-electron chi connectivity index (χ1n) is 15.3. The second-order valence-corrected chi connectivity index (χ2v) is 13.4. The molecule has 0 bridgehead atoms. The summed E-state index contributed by atoms with van der Waals surface area (Å²) >= 11 is 12.6.